The van der Waals surface area contributed by atoms with E-state index in [0.29, 0.717) is 5.69 Å². The van der Waals surface area contributed by atoms with Crippen LogP contribution in [0.4, 0.5) is 8.78 Å². The molecule has 1 aliphatic rings. The maximum atomic E-state index is 13.4. The maximum absolute atomic E-state index is 13.4. The highest BCUT2D eigenvalue weighted by Gasteiger charge is 2.44. The molecule has 1 aromatic rings. The molecule has 1 aliphatic carbocycles. The molecule has 1 aromatic heterocycles. The first kappa shape index (κ1) is 14.4. The Labute approximate surface area is 116 Å². The summed E-state index contributed by atoms with van der Waals surface area (Å²) in [6, 6.07) is 5.30. The molecule has 0 saturated heterocycles. The third kappa shape index (κ3) is 3.53. The summed E-state index contributed by atoms with van der Waals surface area (Å²) >= 11 is 0. The largest absolute Gasteiger partial charge is 0.469 e. The minimum absolute atomic E-state index is 0.187. The van der Waals surface area contributed by atoms with E-state index < -0.39 is 30.1 Å². The van der Waals surface area contributed by atoms with E-state index in [1.54, 1.807) is 24.4 Å². The number of pyridine rings is 1. The van der Waals surface area contributed by atoms with Gasteiger partial charge in [-0.2, -0.15) is 0 Å². The van der Waals surface area contributed by atoms with Crippen molar-refractivity contribution in [2.24, 2.45) is 11.8 Å². The summed E-state index contributed by atoms with van der Waals surface area (Å²) in [5, 5.41) is 0. The number of hydrogen-bond donors (Lipinski definition) is 0. The Morgan fingerprint density at radius 3 is 2.95 bits per heavy atom. The number of aromatic nitrogens is 1. The van der Waals surface area contributed by atoms with E-state index in [-0.39, 0.29) is 12.8 Å². The van der Waals surface area contributed by atoms with Crippen LogP contribution < -0.4 is 0 Å². The number of esters is 1. The fraction of sp³-hybridized carbons (Fsp3) is 0.467. The first-order chi connectivity index (χ1) is 9.52. The molecule has 0 spiro atoms. The molecule has 0 bridgehead atoms. The zero-order valence-electron chi connectivity index (χ0n) is 11.1. The Kier molecular flexibility index (Phi) is 4.33. The number of rotatable bonds is 1. The van der Waals surface area contributed by atoms with Crippen molar-refractivity contribution in [2.75, 3.05) is 7.11 Å². The molecule has 2 rings (SSSR count). The highest BCUT2D eigenvalue weighted by atomic mass is 19.3. The Morgan fingerprint density at radius 1 is 1.50 bits per heavy atom. The lowest BCUT2D eigenvalue weighted by Gasteiger charge is -2.31. The quantitative estimate of drug-likeness (QED) is 0.586. The van der Waals surface area contributed by atoms with Crippen LogP contribution in [0.2, 0.25) is 0 Å². The maximum Gasteiger partial charge on any atom is 0.310 e. The Bertz CT molecular complexity index is 534. The van der Waals surface area contributed by atoms with Gasteiger partial charge in [-0.25, -0.2) is 13.8 Å². The van der Waals surface area contributed by atoms with Crippen LogP contribution in [0, 0.1) is 23.7 Å². The average molecular weight is 279 g/mol. The third-order valence-corrected chi connectivity index (χ3v) is 3.38. The van der Waals surface area contributed by atoms with E-state index in [1.807, 2.05) is 0 Å². The van der Waals surface area contributed by atoms with E-state index in [4.69, 9.17) is 0 Å². The summed E-state index contributed by atoms with van der Waals surface area (Å²) in [5.41, 5.74) is 0.563. The van der Waals surface area contributed by atoms with Gasteiger partial charge in [0, 0.05) is 25.0 Å². The fourth-order valence-corrected chi connectivity index (χ4v) is 2.31. The predicted octanol–water partition coefficient (Wildman–Crippen LogP) is 2.66. The number of nitrogens with zero attached hydrogens (tertiary/aromatic N) is 1. The number of methoxy groups -OCH3 is 1. The molecule has 20 heavy (non-hydrogen) atoms. The molecule has 1 saturated carbocycles. The van der Waals surface area contributed by atoms with Gasteiger partial charge < -0.3 is 4.74 Å². The van der Waals surface area contributed by atoms with Crippen LogP contribution in [-0.2, 0) is 9.53 Å². The second-order valence-electron chi connectivity index (χ2n) is 4.82. The van der Waals surface area contributed by atoms with Crippen molar-refractivity contribution in [3.8, 4) is 11.8 Å². The van der Waals surface area contributed by atoms with Gasteiger partial charge in [-0.3, -0.25) is 4.79 Å². The summed E-state index contributed by atoms with van der Waals surface area (Å²) in [5.74, 6) is 1.01. The van der Waals surface area contributed by atoms with Gasteiger partial charge in [-0.1, -0.05) is 12.0 Å². The summed E-state index contributed by atoms with van der Waals surface area (Å²) in [7, 11) is 1.21. The van der Waals surface area contributed by atoms with Crippen LogP contribution in [0.25, 0.3) is 0 Å². The zero-order chi connectivity index (χ0) is 14.6. The van der Waals surface area contributed by atoms with Crippen molar-refractivity contribution in [3.05, 3.63) is 30.1 Å². The lowest BCUT2D eigenvalue weighted by atomic mass is 9.77. The van der Waals surface area contributed by atoms with Crippen molar-refractivity contribution in [3.63, 3.8) is 0 Å². The molecule has 106 valence electrons. The van der Waals surface area contributed by atoms with Gasteiger partial charge in [0.15, 0.2) is 0 Å². The highest BCUT2D eigenvalue weighted by molar-refractivity contribution is 5.73. The zero-order valence-corrected chi connectivity index (χ0v) is 11.1. The summed E-state index contributed by atoms with van der Waals surface area (Å²) in [6.07, 6.45) is 1.05. The smallest absolute Gasteiger partial charge is 0.310 e. The van der Waals surface area contributed by atoms with Crippen LogP contribution >= 0.6 is 0 Å². The molecular weight excluding hydrogens is 264 g/mol. The first-order valence-electron chi connectivity index (χ1n) is 6.40. The molecule has 5 heteroatoms. The van der Waals surface area contributed by atoms with Crippen molar-refractivity contribution in [1.29, 1.82) is 0 Å². The Morgan fingerprint density at radius 2 is 2.30 bits per heavy atom. The fourth-order valence-electron chi connectivity index (χ4n) is 2.31. The number of ether oxygens (including phenoxy) is 1. The topological polar surface area (TPSA) is 39.2 Å². The molecule has 0 radical (unpaired) electrons. The van der Waals surface area contributed by atoms with Crippen LogP contribution in [0.15, 0.2) is 24.4 Å². The van der Waals surface area contributed by atoms with Crippen LogP contribution in [0.3, 0.4) is 0 Å². The number of halogens is 2. The van der Waals surface area contributed by atoms with Gasteiger partial charge in [-0.05, 0) is 24.5 Å². The standard InChI is InChI=1S/C15H15F2NO2/c1-20-14(19)13-10-15(16,17)8-7-11(13)5-6-12-4-2-3-9-18-12/h2-4,9,11,13H,7-8,10H2,1H3/t11-,13-/m1/s1. The molecule has 0 aliphatic heterocycles. The summed E-state index contributed by atoms with van der Waals surface area (Å²) in [6.45, 7) is 0. The molecule has 0 amide bonds. The molecule has 0 unspecified atom stereocenters. The summed E-state index contributed by atoms with van der Waals surface area (Å²) in [4.78, 5) is 15.7. The van der Waals surface area contributed by atoms with Gasteiger partial charge in [-0.15, -0.1) is 0 Å². The third-order valence-electron chi connectivity index (χ3n) is 3.38. The van der Waals surface area contributed by atoms with Gasteiger partial charge >= 0.3 is 5.97 Å². The van der Waals surface area contributed by atoms with Gasteiger partial charge in [0.2, 0.25) is 5.92 Å². The van der Waals surface area contributed by atoms with Crippen LogP contribution in [0.1, 0.15) is 25.0 Å². The normalized spacial score (nSPS) is 24.4. The molecule has 1 fully saturated rings. The van der Waals surface area contributed by atoms with E-state index in [9.17, 15) is 13.6 Å². The van der Waals surface area contributed by atoms with Crippen molar-refractivity contribution in [1.82, 2.24) is 4.98 Å². The van der Waals surface area contributed by atoms with E-state index in [0.717, 1.165) is 0 Å². The van der Waals surface area contributed by atoms with Crippen LogP contribution in [0.5, 0.6) is 0 Å². The van der Waals surface area contributed by atoms with Crippen LogP contribution in [-0.4, -0.2) is 24.0 Å². The number of carbonyl (C=O) groups excluding carboxylic acids is 1. The average Bonchev–Trinajstić information content (AvgIpc) is 2.45. The molecule has 0 N–H and O–H groups in total. The Balaban J connectivity index is 2.17. The van der Waals surface area contributed by atoms with Crippen molar-refractivity contribution < 1.29 is 18.3 Å². The molecule has 3 nitrogen and oxygen atoms in total. The molecule has 1 heterocycles. The van der Waals surface area contributed by atoms with E-state index in [1.165, 1.54) is 7.11 Å². The van der Waals surface area contributed by atoms with Gasteiger partial charge in [0.05, 0.1) is 13.0 Å². The van der Waals surface area contributed by atoms with Crippen molar-refractivity contribution in [2.45, 2.75) is 25.2 Å². The Hall–Kier alpha value is -1.96. The number of alkyl halides is 2. The molecular formula is C15H15F2NO2. The molecule has 0 aromatic carbocycles. The monoisotopic (exact) mass is 279 g/mol. The number of carbonyl (C=O) groups is 1. The molecule has 2 atom stereocenters. The number of hydrogen-bond acceptors (Lipinski definition) is 3. The second-order valence-corrected chi connectivity index (χ2v) is 4.82. The highest BCUT2D eigenvalue weighted by Crippen LogP contribution is 2.40. The van der Waals surface area contributed by atoms with E-state index >= 15 is 0 Å². The lowest BCUT2D eigenvalue weighted by Crippen LogP contribution is -2.37. The lowest BCUT2D eigenvalue weighted by molar-refractivity contribution is -0.154. The first-order valence-corrected chi connectivity index (χ1v) is 6.40. The SMILES string of the molecule is COC(=O)[C@@H]1CC(F)(F)CC[C@H]1C#Cc1ccccn1. The van der Waals surface area contributed by atoms with Gasteiger partial charge in [0.1, 0.15) is 5.69 Å². The minimum Gasteiger partial charge on any atom is -0.469 e. The van der Waals surface area contributed by atoms with Crippen molar-refractivity contribution >= 4 is 5.97 Å². The second kappa shape index (κ2) is 6.00. The predicted molar refractivity (Wildman–Crippen MR) is 68.9 cm³/mol. The van der Waals surface area contributed by atoms with E-state index in [2.05, 4.69) is 21.6 Å². The minimum atomic E-state index is -2.82. The van der Waals surface area contributed by atoms with Gasteiger partial charge in [0.25, 0.3) is 0 Å². The summed E-state index contributed by atoms with van der Waals surface area (Å²) < 4.78 is 31.4.